The Kier molecular flexibility index (Phi) is 12.5. The summed E-state index contributed by atoms with van der Waals surface area (Å²) < 4.78 is 27.9. The monoisotopic (exact) mass is 579 g/mol. The van der Waals surface area contributed by atoms with Crippen molar-refractivity contribution in [2.45, 2.75) is 71.9 Å². The number of amides is 2. The van der Waals surface area contributed by atoms with Gasteiger partial charge < -0.3 is 20.6 Å². The largest absolute Gasteiger partial charge is 0.391 e. The van der Waals surface area contributed by atoms with E-state index in [1.165, 1.54) is 17.7 Å². The number of carbonyl (C=O) groups excluding carboxylic acids is 2. The van der Waals surface area contributed by atoms with Crippen LogP contribution < -0.4 is 10.6 Å². The fraction of sp³-hybridized carbons (Fsp3) is 0.412. The minimum absolute atomic E-state index is 0.0191. The molecule has 226 valence electrons. The Morgan fingerprint density at radius 1 is 0.881 bits per heavy atom. The predicted molar refractivity (Wildman–Crippen MR) is 164 cm³/mol. The lowest BCUT2D eigenvalue weighted by Gasteiger charge is -2.25. The highest BCUT2D eigenvalue weighted by Crippen LogP contribution is 2.17. The number of aliphatic hydroxyl groups excluding tert-OH is 1. The molecule has 0 saturated heterocycles. The molecule has 0 radical (unpaired) electrons. The first-order valence-corrected chi connectivity index (χ1v) is 14.8. The zero-order valence-corrected chi connectivity index (χ0v) is 25.1. The third-order valence-corrected chi connectivity index (χ3v) is 7.12. The summed E-state index contributed by atoms with van der Waals surface area (Å²) in [6, 6.07) is 15.3. The molecule has 0 spiro atoms. The molecule has 3 rings (SSSR count). The molecule has 6 nitrogen and oxygen atoms in total. The normalized spacial score (nSPS) is 12.5. The van der Waals surface area contributed by atoms with Gasteiger partial charge in [-0.25, -0.2) is 8.78 Å². The predicted octanol–water partition coefficient (Wildman–Crippen LogP) is 6.30. The number of aliphatic hydroxyl groups is 1. The highest BCUT2D eigenvalue weighted by atomic mass is 19.1. The molecule has 0 bridgehead atoms. The molecule has 0 aliphatic heterocycles. The van der Waals surface area contributed by atoms with Crippen LogP contribution in [0, 0.1) is 18.6 Å². The lowest BCUT2D eigenvalue weighted by molar-refractivity contribution is 0.0755. The van der Waals surface area contributed by atoms with Crippen molar-refractivity contribution in [3.05, 3.63) is 100 Å². The van der Waals surface area contributed by atoms with Crippen molar-refractivity contribution in [3.8, 4) is 0 Å². The number of halogens is 2. The first-order chi connectivity index (χ1) is 20.1. The summed E-state index contributed by atoms with van der Waals surface area (Å²) in [6.07, 6.45) is 1.83. The van der Waals surface area contributed by atoms with Gasteiger partial charge in [-0.2, -0.15) is 0 Å². The van der Waals surface area contributed by atoms with Crippen molar-refractivity contribution in [3.63, 3.8) is 0 Å². The van der Waals surface area contributed by atoms with Crippen LogP contribution in [0.3, 0.4) is 0 Å². The average Bonchev–Trinajstić information content (AvgIpc) is 2.95. The maximum atomic E-state index is 14.0. The van der Waals surface area contributed by atoms with Crippen molar-refractivity contribution in [2.75, 3.05) is 25.0 Å². The third-order valence-electron chi connectivity index (χ3n) is 7.12. The lowest BCUT2D eigenvalue weighted by atomic mass is 9.97. The van der Waals surface area contributed by atoms with Gasteiger partial charge in [-0.05, 0) is 98.2 Å². The van der Waals surface area contributed by atoms with Crippen LogP contribution in [0.25, 0.3) is 0 Å². The van der Waals surface area contributed by atoms with Gasteiger partial charge in [0.1, 0.15) is 11.6 Å². The highest BCUT2D eigenvalue weighted by molar-refractivity contribution is 6.00. The van der Waals surface area contributed by atoms with E-state index >= 15 is 0 Å². The van der Waals surface area contributed by atoms with E-state index in [0.29, 0.717) is 30.8 Å². The Balaban J connectivity index is 1.80. The maximum Gasteiger partial charge on any atom is 0.253 e. The molecule has 3 aromatic rings. The standard InChI is InChI=1S/C34H43F2N3O3/c1-5-13-39(14-6-2)34(42)27-16-23(4)15-26(21-27)33(41)38-31(20-25-17-28(35)22-29(36)18-25)32(40)11-12-37-30-10-8-9-24(7-3)19-30/h8-10,15-19,21-22,31-32,37,40H,5-7,11-14,20H2,1-4H3,(H,38,41)/t31-,32-/m0/s1. The minimum Gasteiger partial charge on any atom is -0.391 e. The second-order valence-electron chi connectivity index (χ2n) is 10.8. The molecule has 0 aliphatic carbocycles. The van der Waals surface area contributed by atoms with E-state index in [9.17, 15) is 23.5 Å². The van der Waals surface area contributed by atoms with Crippen LogP contribution in [0.15, 0.2) is 60.7 Å². The summed E-state index contributed by atoms with van der Waals surface area (Å²) in [6.45, 7) is 9.59. The number of hydrogen-bond donors (Lipinski definition) is 3. The first-order valence-electron chi connectivity index (χ1n) is 14.8. The zero-order valence-electron chi connectivity index (χ0n) is 25.1. The van der Waals surface area contributed by atoms with Gasteiger partial charge in [0.05, 0.1) is 12.1 Å². The Labute approximate surface area is 248 Å². The van der Waals surface area contributed by atoms with Gasteiger partial charge in [0.2, 0.25) is 0 Å². The quantitative estimate of drug-likeness (QED) is 0.197. The fourth-order valence-electron chi connectivity index (χ4n) is 5.06. The van der Waals surface area contributed by atoms with Gasteiger partial charge in [-0.15, -0.1) is 0 Å². The summed E-state index contributed by atoms with van der Waals surface area (Å²) in [7, 11) is 0. The fourth-order valence-corrected chi connectivity index (χ4v) is 5.06. The molecule has 0 aliphatic rings. The molecule has 0 aromatic heterocycles. The molecule has 0 unspecified atom stereocenters. The first kappa shape index (κ1) is 32.7. The highest BCUT2D eigenvalue weighted by Gasteiger charge is 2.24. The zero-order chi connectivity index (χ0) is 30.6. The average molecular weight is 580 g/mol. The topological polar surface area (TPSA) is 81.7 Å². The van der Waals surface area contributed by atoms with Gasteiger partial charge in [0, 0.05) is 42.5 Å². The molecule has 2 atom stereocenters. The van der Waals surface area contributed by atoms with Gasteiger partial charge in [0.25, 0.3) is 11.8 Å². The summed E-state index contributed by atoms with van der Waals surface area (Å²) in [5.74, 6) is -2.07. The molecule has 42 heavy (non-hydrogen) atoms. The van der Waals surface area contributed by atoms with Crippen molar-refractivity contribution < 1.29 is 23.5 Å². The number of benzene rings is 3. The van der Waals surface area contributed by atoms with Crippen molar-refractivity contribution in [1.29, 1.82) is 0 Å². The van der Waals surface area contributed by atoms with Crippen molar-refractivity contribution >= 4 is 17.5 Å². The summed E-state index contributed by atoms with van der Waals surface area (Å²) >= 11 is 0. The minimum atomic E-state index is -1.02. The molecule has 3 aromatic carbocycles. The van der Waals surface area contributed by atoms with E-state index in [2.05, 4.69) is 17.6 Å². The maximum absolute atomic E-state index is 14.0. The van der Waals surface area contributed by atoms with E-state index in [0.717, 1.165) is 36.6 Å². The summed E-state index contributed by atoms with van der Waals surface area (Å²) in [5, 5.41) is 17.3. The number of carbonyl (C=O) groups is 2. The number of nitrogens with one attached hydrogen (secondary N) is 2. The number of anilines is 1. The van der Waals surface area contributed by atoms with Crippen LogP contribution in [0.5, 0.6) is 0 Å². The van der Waals surface area contributed by atoms with Crippen LogP contribution in [0.1, 0.15) is 77.4 Å². The van der Waals surface area contributed by atoms with Crippen LogP contribution in [0.2, 0.25) is 0 Å². The van der Waals surface area contributed by atoms with Gasteiger partial charge in [0.15, 0.2) is 0 Å². The number of hydrogen-bond acceptors (Lipinski definition) is 4. The van der Waals surface area contributed by atoms with E-state index in [1.54, 1.807) is 23.1 Å². The van der Waals surface area contributed by atoms with E-state index < -0.39 is 29.7 Å². The van der Waals surface area contributed by atoms with Crippen molar-refractivity contribution in [2.24, 2.45) is 0 Å². The van der Waals surface area contributed by atoms with E-state index in [1.807, 2.05) is 45.0 Å². The number of rotatable bonds is 15. The Morgan fingerprint density at radius 2 is 1.55 bits per heavy atom. The molecule has 0 heterocycles. The molecule has 8 heteroatoms. The summed E-state index contributed by atoms with van der Waals surface area (Å²) in [4.78, 5) is 28.5. The Morgan fingerprint density at radius 3 is 2.19 bits per heavy atom. The molecule has 2 amide bonds. The summed E-state index contributed by atoms with van der Waals surface area (Å²) in [5.41, 5.74) is 3.87. The van der Waals surface area contributed by atoms with Crippen LogP contribution in [-0.2, 0) is 12.8 Å². The number of nitrogens with zero attached hydrogens (tertiary/aromatic N) is 1. The van der Waals surface area contributed by atoms with Crippen LogP contribution in [-0.4, -0.2) is 53.6 Å². The molecular weight excluding hydrogens is 536 g/mol. The Bertz CT molecular complexity index is 1320. The van der Waals surface area contributed by atoms with Crippen LogP contribution >= 0.6 is 0 Å². The van der Waals surface area contributed by atoms with E-state index in [-0.39, 0.29) is 24.3 Å². The Hall–Kier alpha value is -3.78. The molecule has 0 fully saturated rings. The second kappa shape index (κ2) is 16.0. The molecule has 3 N–H and O–H groups in total. The van der Waals surface area contributed by atoms with Gasteiger partial charge in [-0.1, -0.05) is 32.9 Å². The van der Waals surface area contributed by atoms with Gasteiger partial charge in [-0.3, -0.25) is 9.59 Å². The van der Waals surface area contributed by atoms with Crippen molar-refractivity contribution in [1.82, 2.24) is 10.2 Å². The SMILES string of the molecule is CCCN(CCC)C(=O)c1cc(C)cc(C(=O)N[C@@H](Cc2cc(F)cc(F)c2)[C@@H](O)CCNc2cccc(CC)c2)c1. The lowest BCUT2D eigenvalue weighted by Crippen LogP contribution is -2.45. The van der Waals surface area contributed by atoms with Crippen LogP contribution in [0.4, 0.5) is 14.5 Å². The van der Waals surface area contributed by atoms with Gasteiger partial charge >= 0.3 is 0 Å². The van der Waals surface area contributed by atoms with E-state index in [4.69, 9.17) is 0 Å². The number of aryl methyl sites for hydroxylation is 2. The smallest absolute Gasteiger partial charge is 0.253 e. The molecular formula is C34H43F2N3O3. The second-order valence-corrected chi connectivity index (χ2v) is 10.8. The molecule has 0 saturated carbocycles. The third kappa shape index (κ3) is 9.65.